The molecule has 0 bridgehead atoms. The zero-order valence-electron chi connectivity index (χ0n) is 50.4. The molecule has 0 aliphatic carbocycles. The second-order valence-corrected chi connectivity index (χ2v) is 21.5. The van der Waals surface area contributed by atoms with Crippen LogP contribution in [0, 0.1) is 0 Å². The molecule has 5 nitrogen and oxygen atoms in total. The zero-order chi connectivity index (χ0) is 55.5. The van der Waals surface area contributed by atoms with E-state index in [0.717, 1.165) is 103 Å². The van der Waals surface area contributed by atoms with Gasteiger partial charge in [-0.2, -0.15) is 0 Å². The number of rotatable bonds is 59. The number of carbonyl (C=O) groups is 2. The average molecular weight is 1070 g/mol. The highest BCUT2D eigenvalue weighted by Crippen LogP contribution is 2.17. The number of allylic oxidation sites excluding steroid dienone is 20. The number of esters is 2. The smallest absolute Gasteiger partial charge is 0.306 e. The third-order valence-corrected chi connectivity index (χ3v) is 14.0. The van der Waals surface area contributed by atoms with E-state index in [0.29, 0.717) is 12.8 Å². The summed E-state index contributed by atoms with van der Waals surface area (Å²) in [7, 11) is 0. The van der Waals surface area contributed by atoms with Crippen LogP contribution in [0.3, 0.4) is 0 Å². The molecule has 77 heavy (non-hydrogen) atoms. The van der Waals surface area contributed by atoms with E-state index in [1.54, 1.807) is 0 Å². The van der Waals surface area contributed by atoms with Crippen molar-refractivity contribution in [2.24, 2.45) is 0 Å². The number of hydrogen-bond acceptors (Lipinski definition) is 5. The van der Waals surface area contributed by atoms with Gasteiger partial charge in [0.1, 0.15) is 6.61 Å². The molecule has 0 aromatic rings. The van der Waals surface area contributed by atoms with E-state index in [1.807, 2.05) is 0 Å². The quantitative estimate of drug-likeness (QED) is 0.0373. The van der Waals surface area contributed by atoms with E-state index in [9.17, 15) is 14.7 Å². The third kappa shape index (κ3) is 64.7. The Morgan fingerprint density at radius 1 is 0.312 bits per heavy atom. The van der Waals surface area contributed by atoms with Gasteiger partial charge in [0.15, 0.2) is 6.10 Å². The summed E-state index contributed by atoms with van der Waals surface area (Å²) < 4.78 is 10.7. The molecule has 0 saturated carbocycles. The maximum absolute atomic E-state index is 12.3. The molecular weight excluding hydrogens is 945 g/mol. The van der Waals surface area contributed by atoms with Crippen LogP contribution in [0.15, 0.2) is 122 Å². The van der Waals surface area contributed by atoms with Crippen LogP contribution in [0.2, 0.25) is 0 Å². The van der Waals surface area contributed by atoms with E-state index >= 15 is 0 Å². The predicted molar refractivity (Wildman–Crippen MR) is 338 cm³/mol. The van der Waals surface area contributed by atoms with Crippen LogP contribution in [0.25, 0.3) is 0 Å². The topological polar surface area (TPSA) is 72.8 Å². The van der Waals surface area contributed by atoms with Gasteiger partial charge in [-0.15, -0.1) is 0 Å². The molecule has 1 atom stereocenters. The van der Waals surface area contributed by atoms with Gasteiger partial charge in [-0.1, -0.05) is 322 Å². The summed E-state index contributed by atoms with van der Waals surface area (Å²) in [6.07, 6.45) is 97.7. The van der Waals surface area contributed by atoms with Crippen molar-refractivity contribution in [2.75, 3.05) is 13.2 Å². The molecule has 0 rings (SSSR count). The lowest BCUT2D eigenvalue weighted by Crippen LogP contribution is -2.28. The van der Waals surface area contributed by atoms with Crippen molar-refractivity contribution in [3.05, 3.63) is 122 Å². The summed E-state index contributed by atoms with van der Waals surface area (Å²) >= 11 is 0. The summed E-state index contributed by atoms with van der Waals surface area (Å²) in [6, 6.07) is 0. The number of carbonyl (C=O) groups excluding carboxylic acids is 2. The van der Waals surface area contributed by atoms with Gasteiger partial charge < -0.3 is 14.6 Å². The van der Waals surface area contributed by atoms with Crippen molar-refractivity contribution in [1.82, 2.24) is 0 Å². The van der Waals surface area contributed by atoms with Crippen molar-refractivity contribution in [3.63, 3.8) is 0 Å². The molecule has 0 amide bonds. The Hall–Kier alpha value is -3.70. The first-order chi connectivity index (χ1) is 38.1. The summed E-state index contributed by atoms with van der Waals surface area (Å²) in [4.78, 5) is 24.6. The summed E-state index contributed by atoms with van der Waals surface area (Å²) in [5.41, 5.74) is 0. The molecule has 440 valence electrons. The van der Waals surface area contributed by atoms with Gasteiger partial charge in [-0.25, -0.2) is 0 Å². The summed E-state index contributed by atoms with van der Waals surface area (Å²) in [5, 5.41) is 9.68. The van der Waals surface area contributed by atoms with Crippen LogP contribution in [0.5, 0.6) is 0 Å². The lowest BCUT2D eigenvalue weighted by molar-refractivity contribution is -0.161. The first kappa shape index (κ1) is 73.3. The Balaban J connectivity index is 3.54. The van der Waals surface area contributed by atoms with Gasteiger partial charge in [-0.05, 0) is 89.9 Å². The van der Waals surface area contributed by atoms with Crippen LogP contribution in [0.1, 0.15) is 303 Å². The lowest BCUT2D eigenvalue weighted by atomic mass is 10.0. The highest BCUT2D eigenvalue weighted by atomic mass is 16.6. The molecule has 0 radical (unpaired) electrons. The maximum atomic E-state index is 12.3. The first-order valence-corrected chi connectivity index (χ1v) is 32.6. The SMILES string of the molecule is CC/C=C\C/C=C\C/C=C\C/C=C\C/C=C\C/C=C\C/C=C\C/C=C\C/C=C\C/C=C\CCCCCCCCCCCCC(=O)OC(CO)COC(=O)CCCCCCCCCCCCCCCCCCCCCCCC. The van der Waals surface area contributed by atoms with E-state index < -0.39 is 6.10 Å². The number of aliphatic hydroxyl groups is 1. The van der Waals surface area contributed by atoms with E-state index in [4.69, 9.17) is 9.47 Å². The van der Waals surface area contributed by atoms with Gasteiger partial charge in [0.2, 0.25) is 0 Å². The molecule has 5 heteroatoms. The second kappa shape index (κ2) is 66.6. The van der Waals surface area contributed by atoms with E-state index in [-0.39, 0.29) is 25.2 Å². The van der Waals surface area contributed by atoms with Crippen LogP contribution in [-0.4, -0.2) is 36.4 Å². The van der Waals surface area contributed by atoms with Crippen LogP contribution in [-0.2, 0) is 19.1 Å². The molecular formula is C72H122O5. The Morgan fingerprint density at radius 3 is 0.844 bits per heavy atom. The van der Waals surface area contributed by atoms with Crippen molar-refractivity contribution in [3.8, 4) is 0 Å². The minimum absolute atomic E-state index is 0.0690. The molecule has 0 aliphatic heterocycles. The minimum Gasteiger partial charge on any atom is -0.462 e. The Morgan fingerprint density at radius 2 is 0.558 bits per heavy atom. The van der Waals surface area contributed by atoms with Crippen molar-refractivity contribution in [2.45, 2.75) is 309 Å². The average Bonchev–Trinajstić information content (AvgIpc) is 3.43. The number of aliphatic hydroxyl groups excluding tert-OH is 1. The van der Waals surface area contributed by atoms with E-state index in [1.165, 1.54) is 173 Å². The second-order valence-electron chi connectivity index (χ2n) is 21.5. The van der Waals surface area contributed by atoms with Crippen molar-refractivity contribution >= 4 is 11.9 Å². The van der Waals surface area contributed by atoms with Crippen molar-refractivity contribution < 1.29 is 24.2 Å². The number of ether oxygens (including phenoxy) is 2. The fourth-order valence-corrected chi connectivity index (χ4v) is 9.17. The highest BCUT2D eigenvalue weighted by Gasteiger charge is 2.16. The van der Waals surface area contributed by atoms with Gasteiger partial charge in [-0.3, -0.25) is 9.59 Å². The van der Waals surface area contributed by atoms with E-state index in [2.05, 4.69) is 135 Å². The van der Waals surface area contributed by atoms with Crippen LogP contribution >= 0.6 is 0 Å². The standard InChI is InChI=1S/C72H122O5/c1-3-5-7-9-11-13-15-17-19-21-23-25-27-28-29-30-31-32-33-34-35-36-37-38-39-40-41-42-43-44-45-47-49-51-53-55-57-59-61-63-65-67-72(75)77-70(68-73)69-76-71(74)66-64-62-60-58-56-54-52-50-48-46-26-24-22-20-18-16-14-12-10-8-6-4-2/h5,7,11,13,17,19,23,25,28-29,31-32,34-35,37-38,40-41,43-44,70,73H,3-4,6,8-10,12,14-16,18,20-22,24,26-27,30,33,36,39,42,45-69H2,1-2H3/b7-5-,13-11-,19-17-,25-23-,29-28-,32-31-,35-34-,38-37-,41-40-,44-43-. The fraction of sp³-hybridized carbons (Fsp3) is 0.694. The predicted octanol–water partition coefficient (Wildman–Crippen LogP) is 22.6. The van der Waals surface area contributed by atoms with Gasteiger partial charge in [0.25, 0.3) is 0 Å². The molecule has 0 aromatic heterocycles. The molecule has 0 saturated heterocycles. The highest BCUT2D eigenvalue weighted by molar-refractivity contribution is 5.70. The van der Waals surface area contributed by atoms with Gasteiger partial charge >= 0.3 is 11.9 Å². The van der Waals surface area contributed by atoms with Crippen LogP contribution in [0.4, 0.5) is 0 Å². The third-order valence-electron chi connectivity index (χ3n) is 14.0. The number of hydrogen-bond donors (Lipinski definition) is 1. The monoisotopic (exact) mass is 1070 g/mol. The van der Waals surface area contributed by atoms with Crippen LogP contribution < -0.4 is 0 Å². The lowest BCUT2D eigenvalue weighted by Gasteiger charge is -2.15. The molecule has 0 spiro atoms. The molecule has 0 fully saturated rings. The Kier molecular flexibility index (Phi) is 63.4. The molecule has 1 N–H and O–H groups in total. The Labute approximate surface area is 477 Å². The largest absolute Gasteiger partial charge is 0.462 e. The van der Waals surface area contributed by atoms with Gasteiger partial charge in [0, 0.05) is 12.8 Å². The van der Waals surface area contributed by atoms with Gasteiger partial charge in [0.05, 0.1) is 6.61 Å². The summed E-state index contributed by atoms with van der Waals surface area (Å²) in [6.45, 7) is 4.05. The minimum atomic E-state index is -0.780. The summed E-state index contributed by atoms with van der Waals surface area (Å²) in [5.74, 6) is -0.588. The zero-order valence-corrected chi connectivity index (χ0v) is 50.4. The molecule has 0 aromatic carbocycles. The Bertz CT molecular complexity index is 1540. The fourth-order valence-electron chi connectivity index (χ4n) is 9.17. The first-order valence-electron chi connectivity index (χ1n) is 32.6. The molecule has 1 unspecified atom stereocenters. The number of unbranched alkanes of at least 4 members (excludes halogenated alkanes) is 31. The van der Waals surface area contributed by atoms with Crippen molar-refractivity contribution in [1.29, 1.82) is 0 Å². The maximum Gasteiger partial charge on any atom is 0.306 e. The normalized spacial score (nSPS) is 13.0. The molecule has 0 heterocycles. The molecule has 0 aliphatic rings.